The molecule has 0 aromatic carbocycles. The lowest BCUT2D eigenvalue weighted by Crippen LogP contribution is -2.12. The molecule has 0 amide bonds. The Morgan fingerprint density at radius 1 is 1.29 bits per heavy atom. The molecule has 0 saturated carbocycles. The summed E-state index contributed by atoms with van der Waals surface area (Å²) in [7, 11) is 0. The number of aryl methyl sites for hydroxylation is 2. The van der Waals surface area contributed by atoms with Crippen LogP contribution in [-0.2, 0) is 18.4 Å². The van der Waals surface area contributed by atoms with E-state index in [4.69, 9.17) is 0 Å². The number of rotatable bonds is 2. The van der Waals surface area contributed by atoms with Crippen LogP contribution in [0.15, 0.2) is 0 Å². The molecule has 0 bridgehead atoms. The van der Waals surface area contributed by atoms with Crippen molar-refractivity contribution in [2.45, 2.75) is 53.0 Å². The first-order valence-corrected chi connectivity index (χ1v) is 5.20. The summed E-state index contributed by atoms with van der Waals surface area (Å²) in [4.78, 5) is 0. The molecule has 1 rings (SSSR count). The van der Waals surface area contributed by atoms with Gasteiger partial charge in [0.25, 0.3) is 0 Å². The first-order chi connectivity index (χ1) is 6.41. The molecular formula is C11H20N2O. The minimum Gasteiger partial charge on any atom is -0.493 e. The van der Waals surface area contributed by atoms with Crippen molar-refractivity contribution >= 4 is 0 Å². The predicted molar refractivity (Wildman–Crippen MR) is 57.6 cm³/mol. The normalized spacial score (nSPS) is 12.1. The number of aromatic nitrogens is 2. The molecule has 1 aromatic heterocycles. The summed E-state index contributed by atoms with van der Waals surface area (Å²) in [5, 5.41) is 14.4. The topological polar surface area (TPSA) is 38.0 Å². The molecule has 1 N–H and O–H groups in total. The van der Waals surface area contributed by atoms with Gasteiger partial charge in [0.05, 0.1) is 5.69 Å². The first-order valence-electron chi connectivity index (χ1n) is 5.20. The van der Waals surface area contributed by atoms with Crippen molar-refractivity contribution in [2.75, 3.05) is 0 Å². The van der Waals surface area contributed by atoms with Crippen LogP contribution >= 0.6 is 0 Å². The Kier molecular flexibility index (Phi) is 2.88. The van der Waals surface area contributed by atoms with Gasteiger partial charge in [-0.2, -0.15) is 5.10 Å². The summed E-state index contributed by atoms with van der Waals surface area (Å²) in [6.45, 7) is 11.1. The average Bonchev–Trinajstić information content (AvgIpc) is 2.40. The standard InChI is InChI=1S/C11H20N2O/c1-6-8-9(11(3,4)5)10(14)13(7-2)12-8/h14H,6-7H2,1-5H3. The third-order valence-electron chi connectivity index (χ3n) is 2.38. The SMILES string of the molecule is CCc1nn(CC)c(O)c1C(C)(C)C. The van der Waals surface area contributed by atoms with Gasteiger partial charge in [0, 0.05) is 12.1 Å². The molecule has 3 nitrogen and oxygen atoms in total. The Hall–Kier alpha value is -0.990. The van der Waals surface area contributed by atoms with Gasteiger partial charge >= 0.3 is 0 Å². The summed E-state index contributed by atoms with van der Waals surface area (Å²) < 4.78 is 1.67. The van der Waals surface area contributed by atoms with Crippen molar-refractivity contribution in [3.63, 3.8) is 0 Å². The molecule has 0 fully saturated rings. The van der Waals surface area contributed by atoms with Crippen LogP contribution in [0.3, 0.4) is 0 Å². The maximum Gasteiger partial charge on any atom is 0.213 e. The van der Waals surface area contributed by atoms with Crippen LogP contribution in [0.5, 0.6) is 5.88 Å². The van der Waals surface area contributed by atoms with Gasteiger partial charge in [-0.25, -0.2) is 4.68 Å². The van der Waals surface area contributed by atoms with Gasteiger partial charge in [-0.3, -0.25) is 0 Å². The molecule has 0 aliphatic rings. The Morgan fingerprint density at radius 3 is 2.14 bits per heavy atom. The highest BCUT2D eigenvalue weighted by atomic mass is 16.3. The Labute approximate surface area is 85.8 Å². The number of hydrogen-bond donors (Lipinski definition) is 1. The molecule has 0 aliphatic carbocycles. The van der Waals surface area contributed by atoms with Crippen molar-refractivity contribution in [1.82, 2.24) is 9.78 Å². The lowest BCUT2D eigenvalue weighted by atomic mass is 9.86. The molecule has 14 heavy (non-hydrogen) atoms. The fourth-order valence-electron chi connectivity index (χ4n) is 1.74. The number of nitrogens with zero attached hydrogens (tertiary/aromatic N) is 2. The molecule has 1 heterocycles. The van der Waals surface area contributed by atoms with E-state index in [2.05, 4.69) is 32.8 Å². The maximum atomic E-state index is 9.98. The van der Waals surface area contributed by atoms with Crippen LogP contribution in [0, 0.1) is 0 Å². The summed E-state index contributed by atoms with van der Waals surface area (Å²) in [5.74, 6) is 0.330. The van der Waals surface area contributed by atoms with Crippen molar-refractivity contribution in [2.24, 2.45) is 0 Å². The van der Waals surface area contributed by atoms with E-state index in [0.29, 0.717) is 5.88 Å². The van der Waals surface area contributed by atoms with Gasteiger partial charge in [0.1, 0.15) is 0 Å². The van der Waals surface area contributed by atoms with Gasteiger partial charge in [-0.05, 0) is 18.8 Å². The van der Waals surface area contributed by atoms with E-state index in [1.807, 2.05) is 6.92 Å². The van der Waals surface area contributed by atoms with Crippen molar-refractivity contribution in [3.8, 4) is 5.88 Å². The fourth-order valence-corrected chi connectivity index (χ4v) is 1.74. The van der Waals surface area contributed by atoms with E-state index < -0.39 is 0 Å². The molecule has 0 spiro atoms. The smallest absolute Gasteiger partial charge is 0.213 e. The summed E-state index contributed by atoms with van der Waals surface area (Å²) in [5.41, 5.74) is 1.96. The molecule has 1 aromatic rings. The van der Waals surface area contributed by atoms with E-state index in [1.54, 1.807) is 4.68 Å². The molecular weight excluding hydrogens is 176 g/mol. The second-order valence-electron chi connectivity index (χ2n) is 4.56. The summed E-state index contributed by atoms with van der Waals surface area (Å²) in [6, 6.07) is 0. The number of hydrogen-bond acceptors (Lipinski definition) is 2. The third-order valence-corrected chi connectivity index (χ3v) is 2.38. The highest BCUT2D eigenvalue weighted by Crippen LogP contribution is 2.33. The lowest BCUT2D eigenvalue weighted by molar-refractivity contribution is 0.389. The Bertz CT molecular complexity index is 321. The zero-order valence-electron chi connectivity index (χ0n) is 9.76. The molecule has 80 valence electrons. The summed E-state index contributed by atoms with van der Waals surface area (Å²) >= 11 is 0. The third kappa shape index (κ3) is 1.76. The van der Waals surface area contributed by atoms with Crippen LogP contribution in [-0.4, -0.2) is 14.9 Å². The monoisotopic (exact) mass is 196 g/mol. The molecule has 0 unspecified atom stereocenters. The van der Waals surface area contributed by atoms with Crippen LogP contribution < -0.4 is 0 Å². The van der Waals surface area contributed by atoms with Gasteiger partial charge in [0.2, 0.25) is 5.88 Å². The van der Waals surface area contributed by atoms with E-state index in [1.165, 1.54) is 0 Å². The van der Waals surface area contributed by atoms with Crippen LogP contribution in [0.25, 0.3) is 0 Å². The zero-order valence-corrected chi connectivity index (χ0v) is 9.76. The Morgan fingerprint density at radius 2 is 1.86 bits per heavy atom. The van der Waals surface area contributed by atoms with Crippen LogP contribution in [0.2, 0.25) is 0 Å². The van der Waals surface area contributed by atoms with Gasteiger partial charge in [-0.1, -0.05) is 27.7 Å². The first kappa shape index (κ1) is 11.1. The minimum absolute atomic E-state index is 0.0388. The second kappa shape index (κ2) is 3.64. The number of aromatic hydroxyl groups is 1. The zero-order chi connectivity index (χ0) is 10.9. The fraction of sp³-hybridized carbons (Fsp3) is 0.727. The van der Waals surface area contributed by atoms with E-state index in [9.17, 15) is 5.11 Å². The quantitative estimate of drug-likeness (QED) is 0.789. The van der Waals surface area contributed by atoms with E-state index in [-0.39, 0.29) is 5.41 Å². The van der Waals surface area contributed by atoms with E-state index >= 15 is 0 Å². The second-order valence-corrected chi connectivity index (χ2v) is 4.56. The highest BCUT2D eigenvalue weighted by Gasteiger charge is 2.26. The molecule has 0 aliphatic heterocycles. The van der Waals surface area contributed by atoms with Crippen LogP contribution in [0.4, 0.5) is 0 Å². The molecule has 0 atom stereocenters. The van der Waals surface area contributed by atoms with Crippen molar-refractivity contribution in [1.29, 1.82) is 0 Å². The van der Waals surface area contributed by atoms with Crippen LogP contribution in [0.1, 0.15) is 45.9 Å². The molecule has 0 saturated heterocycles. The van der Waals surface area contributed by atoms with Gasteiger partial charge < -0.3 is 5.11 Å². The lowest BCUT2D eigenvalue weighted by Gasteiger charge is -2.18. The van der Waals surface area contributed by atoms with Crippen molar-refractivity contribution in [3.05, 3.63) is 11.3 Å². The van der Waals surface area contributed by atoms with Gasteiger partial charge in [-0.15, -0.1) is 0 Å². The molecule has 3 heteroatoms. The minimum atomic E-state index is -0.0388. The maximum absolute atomic E-state index is 9.98. The van der Waals surface area contributed by atoms with Crippen molar-refractivity contribution < 1.29 is 5.11 Å². The Balaban J connectivity index is 3.32. The highest BCUT2D eigenvalue weighted by molar-refractivity contribution is 5.36. The average molecular weight is 196 g/mol. The summed E-state index contributed by atoms with van der Waals surface area (Å²) in [6.07, 6.45) is 0.868. The predicted octanol–water partition coefficient (Wildman–Crippen LogP) is 2.47. The van der Waals surface area contributed by atoms with Gasteiger partial charge in [0.15, 0.2) is 0 Å². The van der Waals surface area contributed by atoms with E-state index in [0.717, 1.165) is 24.2 Å². The molecule has 0 radical (unpaired) electrons. The largest absolute Gasteiger partial charge is 0.493 e.